The van der Waals surface area contributed by atoms with Crippen LogP contribution in [0.1, 0.15) is 30.3 Å². The first-order valence-electron chi connectivity index (χ1n) is 7.66. The maximum absolute atomic E-state index is 9.66. The molecule has 0 aliphatic rings. The number of fused-ring (bicyclic) bond motifs is 1. The Balaban J connectivity index is 2.04. The number of hydrogen-bond acceptors (Lipinski definition) is 3. The van der Waals surface area contributed by atoms with Gasteiger partial charge in [-0.05, 0) is 31.5 Å². The summed E-state index contributed by atoms with van der Waals surface area (Å²) in [7, 11) is 0. The van der Waals surface area contributed by atoms with E-state index < -0.39 is 0 Å². The Morgan fingerprint density at radius 1 is 1.23 bits per heavy atom. The molecule has 2 N–H and O–H groups in total. The van der Waals surface area contributed by atoms with Crippen LogP contribution in [0.2, 0.25) is 0 Å². The van der Waals surface area contributed by atoms with Crippen LogP contribution in [0.25, 0.3) is 10.9 Å². The number of aryl methyl sites for hydroxylation is 1. The molecule has 4 nitrogen and oxygen atoms in total. The summed E-state index contributed by atoms with van der Waals surface area (Å²) in [6, 6.07) is 12.2. The highest BCUT2D eigenvalue weighted by atomic mass is 16.3. The predicted molar refractivity (Wildman–Crippen MR) is 89.9 cm³/mol. The van der Waals surface area contributed by atoms with Crippen LogP contribution in [0.15, 0.2) is 42.6 Å². The minimum atomic E-state index is 0.0401. The summed E-state index contributed by atoms with van der Waals surface area (Å²) >= 11 is 0. The first-order chi connectivity index (χ1) is 10.7. The van der Waals surface area contributed by atoms with Crippen LogP contribution in [0.4, 0.5) is 5.69 Å². The van der Waals surface area contributed by atoms with Gasteiger partial charge >= 0.3 is 0 Å². The van der Waals surface area contributed by atoms with Gasteiger partial charge in [0.25, 0.3) is 0 Å². The lowest BCUT2D eigenvalue weighted by atomic mass is 10.1. The topological polar surface area (TPSA) is 50.1 Å². The zero-order valence-electron chi connectivity index (χ0n) is 13.0. The van der Waals surface area contributed by atoms with Gasteiger partial charge < -0.3 is 5.11 Å². The molecule has 0 atom stereocenters. The summed E-state index contributed by atoms with van der Waals surface area (Å²) < 4.78 is 2.03. The summed E-state index contributed by atoms with van der Waals surface area (Å²) in [4.78, 5) is 4.39. The molecule has 0 radical (unpaired) electrons. The second-order valence-electron chi connectivity index (χ2n) is 5.47. The van der Waals surface area contributed by atoms with E-state index in [-0.39, 0.29) is 6.61 Å². The highest BCUT2D eigenvalue weighted by Crippen LogP contribution is 2.26. The summed E-state index contributed by atoms with van der Waals surface area (Å²) in [6.07, 6.45) is 3.89. The van der Waals surface area contributed by atoms with E-state index in [1.54, 1.807) is 0 Å². The van der Waals surface area contributed by atoms with Crippen LogP contribution < -0.4 is 5.43 Å². The lowest BCUT2D eigenvalue weighted by molar-refractivity contribution is 0.282. The Morgan fingerprint density at radius 3 is 2.82 bits per heavy atom. The van der Waals surface area contributed by atoms with Gasteiger partial charge in [-0.15, -0.1) is 0 Å². The van der Waals surface area contributed by atoms with Gasteiger partial charge in [-0.3, -0.25) is 15.1 Å². The molecule has 0 bridgehead atoms. The molecule has 1 aromatic carbocycles. The Bertz CT molecular complexity index is 792. The van der Waals surface area contributed by atoms with Crippen LogP contribution in [0, 0.1) is 6.92 Å². The van der Waals surface area contributed by atoms with Gasteiger partial charge in [0.15, 0.2) is 0 Å². The zero-order chi connectivity index (χ0) is 15.5. The van der Waals surface area contributed by atoms with Crippen LogP contribution in [0.3, 0.4) is 0 Å². The van der Waals surface area contributed by atoms with Gasteiger partial charge in [0, 0.05) is 28.5 Å². The number of hydrogen-bond donors (Lipinski definition) is 2. The molecule has 3 aromatic rings. The molecule has 0 aliphatic carbocycles. The van der Waals surface area contributed by atoms with Crippen molar-refractivity contribution in [1.29, 1.82) is 0 Å². The summed E-state index contributed by atoms with van der Waals surface area (Å²) in [6.45, 7) is 4.21. The highest BCUT2D eigenvalue weighted by molar-refractivity contribution is 5.86. The average Bonchev–Trinajstić information content (AvgIpc) is 2.80. The number of anilines is 1. The van der Waals surface area contributed by atoms with Crippen molar-refractivity contribution in [2.75, 3.05) is 5.43 Å². The highest BCUT2D eigenvalue weighted by Gasteiger charge is 2.13. The van der Waals surface area contributed by atoms with Crippen molar-refractivity contribution in [3.8, 4) is 0 Å². The quantitative estimate of drug-likeness (QED) is 0.755. The molecule has 0 saturated carbocycles. The van der Waals surface area contributed by atoms with Crippen LogP contribution in [-0.4, -0.2) is 14.8 Å². The van der Waals surface area contributed by atoms with Gasteiger partial charge in [-0.1, -0.05) is 31.5 Å². The van der Waals surface area contributed by atoms with Crippen molar-refractivity contribution in [3.05, 3.63) is 59.5 Å². The number of aliphatic hydroxyl groups is 1. The minimum Gasteiger partial charge on any atom is -0.392 e. The summed E-state index contributed by atoms with van der Waals surface area (Å²) in [5.74, 6) is 0. The lowest BCUT2D eigenvalue weighted by Crippen LogP contribution is -2.11. The van der Waals surface area contributed by atoms with Crippen molar-refractivity contribution in [3.63, 3.8) is 0 Å². The molecule has 114 valence electrons. The number of rotatable bonds is 5. The SMILES string of the molecule is CCCc1cc(Nn2c(C)c(CO)c3ccccc32)ccn1. The van der Waals surface area contributed by atoms with E-state index in [9.17, 15) is 5.11 Å². The van der Waals surface area contributed by atoms with Gasteiger partial charge in [-0.2, -0.15) is 0 Å². The van der Waals surface area contributed by atoms with E-state index >= 15 is 0 Å². The summed E-state index contributed by atoms with van der Waals surface area (Å²) in [5.41, 5.74) is 8.58. The number of aliphatic hydroxyl groups excluding tert-OH is 1. The van der Waals surface area contributed by atoms with Gasteiger partial charge in [0.1, 0.15) is 0 Å². The van der Waals surface area contributed by atoms with Crippen LogP contribution in [0.5, 0.6) is 0 Å². The molecule has 0 amide bonds. The molecule has 0 fully saturated rings. The minimum absolute atomic E-state index is 0.0401. The largest absolute Gasteiger partial charge is 0.392 e. The summed E-state index contributed by atoms with van der Waals surface area (Å²) in [5, 5.41) is 10.7. The molecule has 0 aliphatic heterocycles. The lowest BCUT2D eigenvalue weighted by Gasteiger charge is -2.13. The standard InChI is InChI=1S/C18H21N3O/c1-3-6-14-11-15(9-10-19-14)20-21-13(2)17(12-22)16-7-4-5-8-18(16)21/h4-5,7-11,22H,3,6,12H2,1-2H3,(H,19,20). The van der Waals surface area contributed by atoms with Crippen molar-refractivity contribution in [1.82, 2.24) is 9.66 Å². The number of benzene rings is 1. The number of para-hydroxylation sites is 1. The zero-order valence-corrected chi connectivity index (χ0v) is 13.0. The van der Waals surface area contributed by atoms with E-state index in [1.165, 1.54) is 0 Å². The average molecular weight is 295 g/mol. The molecule has 0 saturated heterocycles. The van der Waals surface area contributed by atoms with Crippen LogP contribution >= 0.6 is 0 Å². The Labute approximate surface area is 130 Å². The molecule has 0 unspecified atom stereocenters. The molecule has 22 heavy (non-hydrogen) atoms. The van der Waals surface area contributed by atoms with E-state index in [4.69, 9.17) is 0 Å². The molecular formula is C18H21N3O. The van der Waals surface area contributed by atoms with Crippen LogP contribution in [-0.2, 0) is 13.0 Å². The van der Waals surface area contributed by atoms with E-state index in [2.05, 4.69) is 29.5 Å². The third-order valence-electron chi connectivity index (χ3n) is 3.96. The van der Waals surface area contributed by atoms with Crippen molar-refractivity contribution < 1.29 is 5.11 Å². The van der Waals surface area contributed by atoms with Crippen molar-refractivity contribution in [2.24, 2.45) is 0 Å². The fourth-order valence-electron chi connectivity index (χ4n) is 2.85. The normalized spacial score (nSPS) is 11.0. The van der Waals surface area contributed by atoms with E-state index in [0.29, 0.717) is 0 Å². The van der Waals surface area contributed by atoms with Crippen molar-refractivity contribution >= 4 is 16.6 Å². The number of nitrogens with one attached hydrogen (secondary N) is 1. The second kappa shape index (κ2) is 6.20. The Hall–Kier alpha value is -2.33. The number of pyridine rings is 1. The molecule has 4 heteroatoms. The van der Waals surface area contributed by atoms with Gasteiger partial charge in [-0.25, -0.2) is 0 Å². The monoisotopic (exact) mass is 295 g/mol. The molecule has 0 spiro atoms. The molecule has 2 heterocycles. The maximum atomic E-state index is 9.66. The Morgan fingerprint density at radius 2 is 2.05 bits per heavy atom. The third-order valence-corrected chi connectivity index (χ3v) is 3.96. The fourth-order valence-corrected chi connectivity index (χ4v) is 2.85. The van der Waals surface area contributed by atoms with E-state index in [0.717, 1.165) is 46.4 Å². The molecule has 2 aromatic heterocycles. The third kappa shape index (κ3) is 2.57. The molecular weight excluding hydrogens is 274 g/mol. The predicted octanol–water partition coefficient (Wildman–Crippen LogP) is 3.66. The molecule has 3 rings (SSSR count). The van der Waals surface area contributed by atoms with Crippen molar-refractivity contribution in [2.45, 2.75) is 33.3 Å². The first kappa shape index (κ1) is 14.6. The van der Waals surface area contributed by atoms with E-state index in [1.807, 2.05) is 42.1 Å². The number of nitrogens with zero attached hydrogens (tertiary/aromatic N) is 2. The number of aromatic nitrogens is 2. The van der Waals surface area contributed by atoms with Gasteiger partial charge in [0.05, 0.1) is 17.8 Å². The smallest absolute Gasteiger partial charge is 0.0706 e. The second-order valence-corrected chi connectivity index (χ2v) is 5.47. The maximum Gasteiger partial charge on any atom is 0.0706 e. The fraction of sp³-hybridized carbons (Fsp3) is 0.278. The van der Waals surface area contributed by atoms with Gasteiger partial charge in [0.2, 0.25) is 0 Å². The first-order valence-corrected chi connectivity index (χ1v) is 7.66. The Kier molecular flexibility index (Phi) is 4.11.